The van der Waals surface area contributed by atoms with Gasteiger partial charge in [0, 0.05) is 43.7 Å². The molecule has 1 saturated heterocycles. The van der Waals surface area contributed by atoms with Gasteiger partial charge in [-0.3, -0.25) is 14.5 Å². The Morgan fingerprint density at radius 1 is 1.23 bits per heavy atom. The van der Waals surface area contributed by atoms with Gasteiger partial charge in [0.05, 0.1) is 23.4 Å². The summed E-state index contributed by atoms with van der Waals surface area (Å²) in [6.07, 6.45) is 1.98. The summed E-state index contributed by atoms with van der Waals surface area (Å²) < 4.78 is 5.70. The van der Waals surface area contributed by atoms with Crippen LogP contribution in [0.5, 0.6) is 5.75 Å². The third kappa shape index (κ3) is 3.37. The van der Waals surface area contributed by atoms with E-state index in [4.69, 9.17) is 27.9 Å². The number of nitrogens with zero attached hydrogens (tertiary/aromatic N) is 2. The number of hydrogen-bond donors (Lipinski definition) is 1. The molecule has 2 aromatic carbocycles. The van der Waals surface area contributed by atoms with Gasteiger partial charge in [-0.25, -0.2) is 0 Å². The average Bonchev–Trinajstić information content (AvgIpc) is 3.30. The number of carbonyl (C=O) groups is 2. The van der Waals surface area contributed by atoms with Crippen molar-refractivity contribution in [3.05, 3.63) is 57.6 Å². The van der Waals surface area contributed by atoms with Crippen LogP contribution in [0.1, 0.15) is 30.4 Å². The number of benzene rings is 2. The highest BCUT2D eigenvalue weighted by molar-refractivity contribution is 6.33. The first-order valence-electron chi connectivity index (χ1n) is 10.2. The fraction of sp³-hybridized carbons (Fsp3) is 0.391. The van der Waals surface area contributed by atoms with Gasteiger partial charge in [0.1, 0.15) is 5.75 Å². The average molecular weight is 462 g/mol. The highest BCUT2D eigenvalue weighted by Crippen LogP contribution is 2.55. The van der Waals surface area contributed by atoms with Gasteiger partial charge >= 0.3 is 0 Å². The van der Waals surface area contributed by atoms with Gasteiger partial charge < -0.3 is 15.0 Å². The van der Waals surface area contributed by atoms with E-state index in [2.05, 4.69) is 10.2 Å². The van der Waals surface area contributed by atoms with Crippen LogP contribution in [0.4, 0.5) is 5.69 Å². The van der Waals surface area contributed by atoms with Crippen molar-refractivity contribution >= 4 is 40.7 Å². The first kappa shape index (κ1) is 21.9. The van der Waals surface area contributed by atoms with Gasteiger partial charge in [-0.1, -0.05) is 41.4 Å². The van der Waals surface area contributed by atoms with Crippen LogP contribution in [0, 0.1) is 0 Å². The number of nitrogens with one attached hydrogen (secondary N) is 1. The zero-order valence-corrected chi connectivity index (χ0v) is 19.3. The summed E-state index contributed by atoms with van der Waals surface area (Å²) in [5.74, 6) is 0.227. The lowest BCUT2D eigenvalue weighted by Crippen LogP contribution is -2.54. The lowest BCUT2D eigenvalue weighted by atomic mass is 9.80. The fourth-order valence-corrected chi connectivity index (χ4v) is 5.37. The number of methoxy groups -OCH3 is 1. The lowest BCUT2D eigenvalue weighted by Gasteiger charge is -2.42. The quantitative estimate of drug-likeness (QED) is 0.726. The van der Waals surface area contributed by atoms with Crippen LogP contribution in [0.15, 0.2) is 36.4 Å². The molecule has 0 aromatic heterocycles. The molecule has 2 atom stereocenters. The Hall–Kier alpha value is -2.28. The van der Waals surface area contributed by atoms with Gasteiger partial charge in [-0.2, -0.15) is 0 Å². The molecule has 0 spiro atoms. The van der Waals surface area contributed by atoms with Crippen molar-refractivity contribution in [1.82, 2.24) is 9.80 Å². The van der Waals surface area contributed by atoms with Crippen molar-refractivity contribution in [2.75, 3.05) is 33.1 Å². The summed E-state index contributed by atoms with van der Waals surface area (Å²) >= 11 is 13.2. The maximum Gasteiger partial charge on any atom is 0.254 e. The zero-order chi connectivity index (χ0) is 22.3. The Morgan fingerprint density at radius 2 is 1.97 bits per heavy atom. The SMILES string of the molecule is COc1c(Cl)ccc2c1C(c1ccccc1Cl)(N1CCC[C@H]1CC(=O)N(C)C)C(=O)N2. The van der Waals surface area contributed by atoms with Crippen LogP contribution < -0.4 is 10.1 Å². The van der Waals surface area contributed by atoms with Crippen LogP contribution in [0.3, 0.4) is 0 Å². The predicted molar refractivity (Wildman–Crippen MR) is 122 cm³/mol. The third-order valence-electron chi connectivity index (χ3n) is 6.23. The van der Waals surface area contributed by atoms with Gasteiger partial charge in [0.25, 0.3) is 5.91 Å². The van der Waals surface area contributed by atoms with Crippen LogP contribution in [0.2, 0.25) is 10.0 Å². The zero-order valence-electron chi connectivity index (χ0n) is 17.7. The Kier molecular flexibility index (Phi) is 5.90. The number of ether oxygens (including phenoxy) is 1. The maximum absolute atomic E-state index is 13.8. The molecule has 31 heavy (non-hydrogen) atoms. The molecule has 164 valence electrons. The van der Waals surface area contributed by atoms with Crippen molar-refractivity contribution in [3.8, 4) is 5.75 Å². The summed E-state index contributed by atoms with van der Waals surface area (Å²) in [5.41, 5.74) is 0.677. The molecular formula is C23H25Cl2N3O3. The predicted octanol–water partition coefficient (Wildman–Crippen LogP) is 4.14. The second-order valence-corrected chi connectivity index (χ2v) is 8.94. The molecule has 2 amide bonds. The summed E-state index contributed by atoms with van der Waals surface area (Å²) in [4.78, 5) is 30.1. The van der Waals surface area contributed by atoms with E-state index < -0.39 is 5.54 Å². The van der Waals surface area contributed by atoms with Gasteiger partial charge in [-0.05, 0) is 31.0 Å². The van der Waals surface area contributed by atoms with E-state index in [1.54, 1.807) is 44.3 Å². The van der Waals surface area contributed by atoms with E-state index in [1.165, 1.54) is 0 Å². The monoisotopic (exact) mass is 461 g/mol. The molecule has 2 aliphatic heterocycles. The normalized spacial score (nSPS) is 22.9. The standard InChI is InChI=1S/C23H25Cl2N3O3/c1-27(2)19(29)13-14-7-6-12-28(14)23(15-8-4-5-9-16(15)24)20-18(26-22(23)30)11-10-17(25)21(20)31-3/h4-5,8-11,14H,6-7,12-13H2,1-3H3,(H,26,30)/t14-,23?/m0/s1. The van der Waals surface area contributed by atoms with Gasteiger partial charge in [0.15, 0.2) is 5.54 Å². The molecule has 1 N–H and O–H groups in total. The molecular weight excluding hydrogens is 437 g/mol. The van der Waals surface area contributed by atoms with Gasteiger partial charge in [0.2, 0.25) is 5.91 Å². The second-order valence-electron chi connectivity index (χ2n) is 8.13. The topological polar surface area (TPSA) is 61.9 Å². The molecule has 8 heteroatoms. The van der Waals surface area contributed by atoms with Crippen LogP contribution in [-0.2, 0) is 15.1 Å². The molecule has 0 radical (unpaired) electrons. The molecule has 6 nitrogen and oxygen atoms in total. The van der Waals surface area contributed by atoms with E-state index in [0.29, 0.717) is 45.6 Å². The van der Waals surface area contributed by atoms with Crippen molar-refractivity contribution in [2.45, 2.75) is 30.8 Å². The molecule has 4 rings (SSSR count). The molecule has 2 aliphatic rings. The molecule has 1 fully saturated rings. The molecule has 2 aromatic rings. The van der Waals surface area contributed by atoms with Crippen molar-refractivity contribution in [1.29, 1.82) is 0 Å². The Bertz CT molecular complexity index is 1040. The highest BCUT2D eigenvalue weighted by atomic mass is 35.5. The van der Waals surface area contributed by atoms with E-state index in [9.17, 15) is 9.59 Å². The number of likely N-dealkylation sites (tertiary alicyclic amines) is 1. The highest BCUT2D eigenvalue weighted by Gasteiger charge is 2.58. The summed E-state index contributed by atoms with van der Waals surface area (Å²) in [6, 6.07) is 10.7. The minimum atomic E-state index is -1.25. The Balaban J connectivity index is 1.99. The van der Waals surface area contributed by atoms with Crippen LogP contribution in [0.25, 0.3) is 0 Å². The van der Waals surface area contributed by atoms with Crippen molar-refractivity contribution in [3.63, 3.8) is 0 Å². The molecule has 1 unspecified atom stereocenters. The number of hydrogen-bond acceptors (Lipinski definition) is 4. The molecule has 0 bridgehead atoms. The van der Waals surface area contributed by atoms with Crippen molar-refractivity contribution in [2.24, 2.45) is 0 Å². The number of anilines is 1. The number of fused-ring (bicyclic) bond motifs is 1. The lowest BCUT2D eigenvalue weighted by molar-refractivity contribution is -0.132. The van der Waals surface area contributed by atoms with E-state index in [0.717, 1.165) is 12.8 Å². The first-order chi connectivity index (χ1) is 14.8. The maximum atomic E-state index is 13.8. The minimum Gasteiger partial charge on any atom is -0.495 e. The van der Waals surface area contributed by atoms with Crippen molar-refractivity contribution < 1.29 is 14.3 Å². The summed E-state index contributed by atoms with van der Waals surface area (Å²) in [6.45, 7) is 0.638. The summed E-state index contributed by atoms with van der Waals surface area (Å²) in [5, 5.41) is 3.90. The van der Waals surface area contributed by atoms with E-state index in [-0.39, 0.29) is 17.9 Å². The first-order valence-corrected chi connectivity index (χ1v) is 11.0. The number of amides is 2. The molecule has 2 heterocycles. The van der Waals surface area contributed by atoms with E-state index in [1.807, 2.05) is 18.2 Å². The van der Waals surface area contributed by atoms with Crippen LogP contribution >= 0.6 is 23.2 Å². The summed E-state index contributed by atoms with van der Waals surface area (Å²) in [7, 11) is 5.02. The number of halogens is 2. The second kappa shape index (κ2) is 8.34. The Labute approximate surface area is 192 Å². The smallest absolute Gasteiger partial charge is 0.254 e. The minimum absolute atomic E-state index is 0.0166. The van der Waals surface area contributed by atoms with E-state index >= 15 is 0 Å². The fourth-order valence-electron chi connectivity index (χ4n) is 4.86. The Morgan fingerprint density at radius 3 is 2.65 bits per heavy atom. The molecule has 0 aliphatic carbocycles. The number of rotatable bonds is 5. The largest absolute Gasteiger partial charge is 0.495 e. The van der Waals surface area contributed by atoms with Crippen LogP contribution in [-0.4, -0.2) is 55.4 Å². The van der Waals surface area contributed by atoms with Gasteiger partial charge in [-0.15, -0.1) is 0 Å². The number of carbonyl (C=O) groups excluding carboxylic acids is 2. The molecule has 0 saturated carbocycles. The third-order valence-corrected chi connectivity index (χ3v) is 6.86.